The fourth-order valence-electron chi connectivity index (χ4n) is 1.34. The Balaban J connectivity index is 2.25. The van der Waals surface area contributed by atoms with Crippen LogP contribution in [0.5, 0.6) is 0 Å². The Hall–Kier alpha value is -0.820. The van der Waals surface area contributed by atoms with Crippen LogP contribution in [0.2, 0.25) is 0 Å². The Kier molecular flexibility index (Phi) is 5.31. The number of rotatable bonds is 6. The third-order valence-electron chi connectivity index (χ3n) is 2.24. The number of hydrogen-bond donors (Lipinski definition) is 0. The van der Waals surface area contributed by atoms with E-state index in [1.54, 1.807) is 0 Å². The van der Waals surface area contributed by atoms with E-state index in [-0.39, 0.29) is 6.10 Å². The summed E-state index contributed by atoms with van der Waals surface area (Å²) < 4.78 is 5.62. The molecule has 1 heteroatoms. The van der Waals surface area contributed by atoms with Crippen LogP contribution in [0.4, 0.5) is 0 Å². The highest BCUT2D eigenvalue weighted by molar-refractivity contribution is 5.18. The van der Waals surface area contributed by atoms with E-state index in [9.17, 15) is 0 Å². The van der Waals surface area contributed by atoms with Gasteiger partial charge in [0, 0.05) is 6.61 Å². The van der Waals surface area contributed by atoms with Gasteiger partial charge in [-0.2, -0.15) is 0 Å². The summed E-state index contributed by atoms with van der Waals surface area (Å²) in [4.78, 5) is 0. The van der Waals surface area contributed by atoms with E-state index >= 15 is 0 Å². The number of hydrogen-bond acceptors (Lipinski definition) is 1. The molecule has 1 rings (SSSR count). The summed E-state index contributed by atoms with van der Waals surface area (Å²) in [5, 5.41) is 0. The van der Waals surface area contributed by atoms with Gasteiger partial charge in [-0.3, -0.25) is 0 Å². The molecule has 1 atom stereocenters. The zero-order chi connectivity index (χ0) is 10.2. The molecule has 1 aromatic carbocycles. The van der Waals surface area contributed by atoms with Gasteiger partial charge in [0.1, 0.15) is 0 Å². The Morgan fingerprint density at radius 2 is 1.93 bits per heavy atom. The second-order valence-corrected chi connectivity index (χ2v) is 3.48. The molecule has 0 fully saturated rings. The maximum absolute atomic E-state index is 5.62. The van der Waals surface area contributed by atoms with Crippen LogP contribution in [-0.2, 0) is 4.74 Å². The molecule has 1 radical (unpaired) electrons. The van der Waals surface area contributed by atoms with Crippen LogP contribution in [0.3, 0.4) is 0 Å². The van der Waals surface area contributed by atoms with Crippen LogP contribution in [0.1, 0.15) is 37.9 Å². The third kappa shape index (κ3) is 3.93. The number of ether oxygens (including phenoxy) is 1. The van der Waals surface area contributed by atoms with Crippen molar-refractivity contribution >= 4 is 0 Å². The second kappa shape index (κ2) is 6.61. The fraction of sp³-hybridized carbons (Fsp3) is 0.462. The van der Waals surface area contributed by atoms with Crippen molar-refractivity contribution in [1.29, 1.82) is 0 Å². The smallest absolute Gasteiger partial charge is 0.0826 e. The first kappa shape index (κ1) is 11.3. The zero-order valence-corrected chi connectivity index (χ0v) is 8.91. The maximum atomic E-state index is 5.62. The van der Waals surface area contributed by atoms with Crippen LogP contribution in [0.15, 0.2) is 30.3 Å². The summed E-state index contributed by atoms with van der Waals surface area (Å²) >= 11 is 0. The molecule has 1 unspecified atom stereocenters. The quantitative estimate of drug-likeness (QED) is 0.622. The normalized spacial score (nSPS) is 12.7. The van der Waals surface area contributed by atoms with Gasteiger partial charge in [-0.05, 0) is 18.9 Å². The van der Waals surface area contributed by atoms with E-state index in [1.165, 1.54) is 12.8 Å². The van der Waals surface area contributed by atoms with Gasteiger partial charge in [0.15, 0.2) is 0 Å². The van der Waals surface area contributed by atoms with Crippen molar-refractivity contribution in [2.45, 2.75) is 32.3 Å². The molecule has 1 aromatic rings. The standard InChI is InChI=1S/C13H19O/c1-3-4-8-11-14-12(2)13-9-6-5-7-10-13/h5-7,9-10,12H,2-4,8,11H2,1H3. The molecule has 77 valence electrons. The van der Waals surface area contributed by atoms with Gasteiger partial charge in [0.25, 0.3) is 0 Å². The topological polar surface area (TPSA) is 9.23 Å². The first-order chi connectivity index (χ1) is 6.84. The summed E-state index contributed by atoms with van der Waals surface area (Å²) in [5.41, 5.74) is 1.16. The van der Waals surface area contributed by atoms with Crippen molar-refractivity contribution in [3.05, 3.63) is 42.8 Å². The van der Waals surface area contributed by atoms with E-state index in [4.69, 9.17) is 4.74 Å². The highest BCUT2D eigenvalue weighted by Gasteiger charge is 2.03. The van der Waals surface area contributed by atoms with Crippen molar-refractivity contribution in [1.82, 2.24) is 0 Å². The lowest BCUT2D eigenvalue weighted by Crippen LogP contribution is -2.01. The first-order valence-corrected chi connectivity index (χ1v) is 5.34. The Morgan fingerprint density at radius 3 is 2.57 bits per heavy atom. The minimum absolute atomic E-state index is 0.0203. The maximum Gasteiger partial charge on any atom is 0.0826 e. The van der Waals surface area contributed by atoms with E-state index in [2.05, 4.69) is 26.0 Å². The summed E-state index contributed by atoms with van der Waals surface area (Å²) in [6, 6.07) is 10.1. The van der Waals surface area contributed by atoms with E-state index < -0.39 is 0 Å². The van der Waals surface area contributed by atoms with Crippen molar-refractivity contribution in [3.63, 3.8) is 0 Å². The zero-order valence-electron chi connectivity index (χ0n) is 8.91. The molecular weight excluding hydrogens is 172 g/mol. The van der Waals surface area contributed by atoms with E-state index in [0.29, 0.717) is 0 Å². The average molecular weight is 191 g/mol. The lowest BCUT2D eigenvalue weighted by atomic mass is 10.1. The summed E-state index contributed by atoms with van der Waals surface area (Å²) in [6.45, 7) is 6.99. The van der Waals surface area contributed by atoms with Gasteiger partial charge in [-0.25, -0.2) is 0 Å². The van der Waals surface area contributed by atoms with Gasteiger partial charge in [-0.15, -0.1) is 0 Å². The largest absolute Gasteiger partial charge is 0.374 e. The second-order valence-electron chi connectivity index (χ2n) is 3.48. The Labute approximate surface area is 87.1 Å². The van der Waals surface area contributed by atoms with Crippen molar-refractivity contribution in [2.75, 3.05) is 6.61 Å². The molecule has 0 aromatic heterocycles. The lowest BCUT2D eigenvalue weighted by molar-refractivity contribution is 0.0803. The van der Waals surface area contributed by atoms with Gasteiger partial charge in [-0.1, -0.05) is 50.1 Å². The predicted molar refractivity (Wildman–Crippen MR) is 60.0 cm³/mol. The van der Waals surface area contributed by atoms with Crippen molar-refractivity contribution in [2.24, 2.45) is 0 Å². The molecule has 1 nitrogen and oxygen atoms in total. The van der Waals surface area contributed by atoms with E-state index in [1.807, 2.05) is 18.2 Å². The van der Waals surface area contributed by atoms with Crippen LogP contribution in [0.25, 0.3) is 0 Å². The molecule has 0 heterocycles. The minimum Gasteiger partial charge on any atom is -0.374 e. The summed E-state index contributed by atoms with van der Waals surface area (Å²) in [6.07, 6.45) is 3.58. The van der Waals surface area contributed by atoms with Gasteiger partial charge in [0.2, 0.25) is 0 Å². The van der Waals surface area contributed by atoms with Crippen LogP contribution < -0.4 is 0 Å². The monoisotopic (exact) mass is 191 g/mol. The molecule has 0 aliphatic heterocycles. The molecular formula is C13H19O. The van der Waals surface area contributed by atoms with Crippen LogP contribution >= 0.6 is 0 Å². The molecule has 0 aliphatic rings. The van der Waals surface area contributed by atoms with Gasteiger partial charge < -0.3 is 4.74 Å². The molecule has 0 saturated carbocycles. The number of benzene rings is 1. The molecule has 0 spiro atoms. The Morgan fingerprint density at radius 1 is 1.21 bits per heavy atom. The van der Waals surface area contributed by atoms with E-state index in [0.717, 1.165) is 18.6 Å². The van der Waals surface area contributed by atoms with Gasteiger partial charge in [0.05, 0.1) is 6.10 Å². The van der Waals surface area contributed by atoms with Crippen LogP contribution in [0, 0.1) is 6.92 Å². The highest BCUT2D eigenvalue weighted by atomic mass is 16.5. The Bertz CT molecular complexity index is 230. The fourth-order valence-corrected chi connectivity index (χ4v) is 1.34. The predicted octanol–water partition coefficient (Wildman–Crippen LogP) is 3.77. The molecule has 0 bridgehead atoms. The molecule has 0 amide bonds. The molecule has 0 saturated heterocycles. The SMILES string of the molecule is [CH2]C(OCCCCC)c1ccccc1. The molecule has 0 N–H and O–H groups in total. The minimum atomic E-state index is -0.0203. The molecule has 0 aliphatic carbocycles. The summed E-state index contributed by atoms with van der Waals surface area (Å²) in [5.74, 6) is 0. The average Bonchev–Trinajstić information content (AvgIpc) is 2.25. The van der Waals surface area contributed by atoms with Gasteiger partial charge >= 0.3 is 0 Å². The van der Waals surface area contributed by atoms with Crippen LogP contribution in [-0.4, -0.2) is 6.61 Å². The number of unbranched alkanes of at least 4 members (excludes halogenated alkanes) is 2. The first-order valence-electron chi connectivity index (χ1n) is 5.34. The summed E-state index contributed by atoms with van der Waals surface area (Å²) in [7, 11) is 0. The lowest BCUT2D eigenvalue weighted by Gasteiger charge is -2.12. The molecule has 14 heavy (non-hydrogen) atoms. The van der Waals surface area contributed by atoms with Crippen molar-refractivity contribution < 1.29 is 4.74 Å². The van der Waals surface area contributed by atoms with Crippen molar-refractivity contribution in [3.8, 4) is 0 Å². The highest BCUT2D eigenvalue weighted by Crippen LogP contribution is 2.15. The third-order valence-corrected chi connectivity index (χ3v) is 2.24.